The molecule has 0 bridgehead atoms. The molecule has 0 saturated heterocycles. The Hall–Kier alpha value is -1.65. The van der Waals surface area contributed by atoms with Crippen LogP contribution in [0.3, 0.4) is 0 Å². The first-order valence-corrected chi connectivity index (χ1v) is 6.48. The summed E-state index contributed by atoms with van der Waals surface area (Å²) in [5.41, 5.74) is 0.298. The number of hydrogen-bond acceptors (Lipinski definition) is 3. The van der Waals surface area contributed by atoms with Gasteiger partial charge in [-0.05, 0) is 31.9 Å². The van der Waals surface area contributed by atoms with E-state index >= 15 is 0 Å². The Bertz CT molecular complexity index is 410. The molecule has 0 saturated carbocycles. The lowest BCUT2D eigenvalue weighted by Gasteiger charge is -2.07. The number of hydrogen-bond donors (Lipinski definition) is 1. The largest absolute Gasteiger partial charge is 0.466 e. The molecule has 0 aliphatic rings. The average Bonchev–Trinajstić information content (AvgIpc) is 2.36. The fourth-order valence-corrected chi connectivity index (χ4v) is 1.66. The van der Waals surface area contributed by atoms with Crippen molar-refractivity contribution in [2.45, 2.75) is 32.6 Å². The molecule has 1 aromatic rings. The van der Waals surface area contributed by atoms with Crippen molar-refractivity contribution in [1.29, 1.82) is 0 Å². The second kappa shape index (κ2) is 8.45. The van der Waals surface area contributed by atoms with Gasteiger partial charge in [0.2, 0.25) is 0 Å². The summed E-state index contributed by atoms with van der Waals surface area (Å²) in [5, 5.41) is 2.90. The van der Waals surface area contributed by atoms with Crippen molar-refractivity contribution in [3.8, 4) is 0 Å². The van der Waals surface area contributed by atoms with E-state index in [-0.39, 0.29) is 5.97 Å². The number of carbonyl (C=O) groups excluding carboxylic acids is 1. The van der Waals surface area contributed by atoms with Crippen LogP contribution < -0.4 is 5.32 Å². The Kier molecular flexibility index (Phi) is 6.85. The highest BCUT2D eigenvalue weighted by Gasteiger charge is 2.03. The highest BCUT2D eigenvalue weighted by Crippen LogP contribution is 2.15. The van der Waals surface area contributed by atoms with Crippen LogP contribution in [0.2, 0.25) is 0 Å². The molecule has 19 heavy (non-hydrogen) atoms. The van der Waals surface area contributed by atoms with E-state index < -0.39 is 11.6 Å². The summed E-state index contributed by atoms with van der Waals surface area (Å²) < 4.78 is 30.7. The van der Waals surface area contributed by atoms with Crippen LogP contribution in [0.4, 0.5) is 14.5 Å². The van der Waals surface area contributed by atoms with Crippen LogP contribution in [0.25, 0.3) is 0 Å². The van der Waals surface area contributed by atoms with E-state index in [1.807, 2.05) is 0 Å². The van der Waals surface area contributed by atoms with Crippen LogP contribution in [-0.4, -0.2) is 19.1 Å². The van der Waals surface area contributed by atoms with Crippen molar-refractivity contribution < 1.29 is 18.3 Å². The zero-order valence-corrected chi connectivity index (χ0v) is 11.0. The molecule has 1 aromatic carbocycles. The normalized spacial score (nSPS) is 10.3. The van der Waals surface area contributed by atoms with E-state index in [1.165, 1.54) is 12.1 Å². The van der Waals surface area contributed by atoms with Gasteiger partial charge in [-0.15, -0.1) is 0 Å². The SMILES string of the molecule is CCOC(=O)CCCCCNc1ccc(F)cc1F. The zero-order chi connectivity index (χ0) is 14.1. The summed E-state index contributed by atoms with van der Waals surface area (Å²) in [6, 6.07) is 3.44. The molecule has 0 spiro atoms. The van der Waals surface area contributed by atoms with Gasteiger partial charge in [0, 0.05) is 19.0 Å². The predicted octanol–water partition coefficient (Wildman–Crippen LogP) is 3.50. The smallest absolute Gasteiger partial charge is 0.305 e. The average molecular weight is 271 g/mol. The van der Waals surface area contributed by atoms with Gasteiger partial charge in [0.15, 0.2) is 0 Å². The Balaban J connectivity index is 2.12. The molecule has 1 rings (SSSR count). The molecule has 0 radical (unpaired) electrons. The number of carbonyl (C=O) groups is 1. The van der Waals surface area contributed by atoms with Gasteiger partial charge in [0.1, 0.15) is 11.6 Å². The molecule has 0 aliphatic heterocycles. The Morgan fingerprint density at radius 1 is 1.26 bits per heavy atom. The van der Waals surface area contributed by atoms with Crippen LogP contribution in [-0.2, 0) is 9.53 Å². The molecule has 0 aromatic heterocycles. The Labute approximate surface area is 112 Å². The minimum Gasteiger partial charge on any atom is -0.466 e. The first-order chi connectivity index (χ1) is 9.13. The molecule has 0 atom stereocenters. The van der Waals surface area contributed by atoms with E-state index in [0.717, 1.165) is 25.3 Å². The van der Waals surface area contributed by atoms with E-state index in [1.54, 1.807) is 6.92 Å². The van der Waals surface area contributed by atoms with Gasteiger partial charge in [-0.1, -0.05) is 6.42 Å². The maximum atomic E-state index is 13.3. The van der Waals surface area contributed by atoms with Crippen LogP contribution in [0.15, 0.2) is 18.2 Å². The van der Waals surface area contributed by atoms with Crippen LogP contribution in [0.1, 0.15) is 32.6 Å². The van der Waals surface area contributed by atoms with Crippen molar-refractivity contribution in [1.82, 2.24) is 0 Å². The molecular weight excluding hydrogens is 252 g/mol. The van der Waals surface area contributed by atoms with Crippen molar-refractivity contribution in [2.75, 3.05) is 18.5 Å². The van der Waals surface area contributed by atoms with Gasteiger partial charge in [0.05, 0.1) is 12.3 Å². The van der Waals surface area contributed by atoms with E-state index in [4.69, 9.17) is 4.74 Å². The number of benzene rings is 1. The monoisotopic (exact) mass is 271 g/mol. The summed E-state index contributed by atoms with van der Waals surface area (Å²) in [6.45, 7) is 2.77. The molecule has 106 valence electrons. The second-order valence-corrected chi connectivity index (χ2v) is 4.17. The Morgan fingerprint density at radius 2 is 2.05 bits per heavy atom. The molecule has 0 amide bonds. The van der Waals surface area contributed by atoms with Crippen molar-refractivity contribution >= 4 is 11.7 Å². The first kappa shape index (κ1) is 15.4. The molecule has 5 heteroatoms. The summed E-state index contributed by atoms with van der Waals surface area (Å²) in [6.07, 6.45) is 2.84. The third-order valence-electron chi connectivity index (χ3n) is 2.61. The standard InChI is InChI=1S/C14H19F2NO2/c1-2-19-14(18)6-4-3-5-9-17-13-8-7-11(15)10-12(13)16/h7-8,10,17H,2-6,9H2,1H3. The van der Waals surface area contributed by atoms with Gasteiger partial charge >= 0.3 is 5.97 Å². The minimum atomic E-state index is -0.591. The minimum absolute atomic E-state index is 0.181. The number of nitrogens with one attached hydrogen (secondary N) is 1. The van der Waals surface area contributed by atoms with Gasteiger partial charge < -0.3 is 10.1 Å². The number of unbranched alkanes of at least 4 members (excludes halogenated alkanes) is 2. The predicted molar refractivity (Wildman–Crippen MR) is 69.9 cm³/mol. The molecule has 0 heterocycles. The third kappa shape index (κ3) is 6.18. The lowest BCUT2D eigenvalue weighted by Crippen LogP contribution is -2.05. The number of esters is 1. The molecule has 1 N–H and O–H groups in total. The van der Waals surface area contributed by atoms with E-state index in [0.29, 0.717) is 25.3 Å². The second-order valence-electron chi connectivity index (χ2n) is 4.17. The van der Waals surface area contributed by atoms with Gasteiger partial charge in [0.25, 0.3) is 0 Å². The summed E-state index contributed by atoms with van der Waals surface area (Å²) in [7, 11) is 0. The molecule has 0 unspecified atom stereocenters. The maximum absolute atomic E-state index is 13.3. The van der Waals surface area contributed by atoms with Crippen molar-refractivity contribution in [3.05, 3.63) is 29.8 Å². The lowest BCUT2D eigenvalue weighted by atomic mass is 10.2. The summed E-state index contributed by atoms with van der Waals surface area (Å²) in [5.74, 6) is -1.36. The van der Waals surface area contributed by atoms with E-state index in [2.05, 4.69) is 5.32 Å². The highest BCUT2D eigenvalue weighted by molar-refractivity contribution is 5.69. The topological polar surface area (TPSA) is 38.3 Å². The van der Waals surface area contributed by atoms with Gasteiger partial charge in [-0.25, -0.2) is 8.78 Å². The fourth-order valence-electron chi connectivity index (χ4n) is 1.66. The fraction of sp³-hybridized carbons (Fsp3) is 0.500. The maximum Gasteiger partial charge on any atom is 0.305 e. The quantitative estimate of drug-likeness (QED) is 0.581. The number of ether oxygens (including phenoxy) is 1. The molecule has 3 nitrogen and oxygen atoms in total. The van der Waals surface area contributed by atoms with Crippen LogP contribution >= 0.6 is 0 Å². The molecule has 0 fully saturated rings. The number of halogens is 2. The van der Waals surface area contributed by atoms with E-state index in [9.17, 15) is 13.6 Å². The highest BCUT2D eigenvalue weighted by atomic mass is 19.1. The van der Waals surface area contributed by atoms with Gasteiger partial charge in [-0.2, -0.15) is 0 Å². The number of rotatable bonds is 8. The molecule has 0 aliphatic carbocycles. The first-order valence-electron chi connectivity index (χ1n) is 6.48. The summed E-state index contributed by atoms with van der Waals surface area (Å²) in [4.78, 5) is 11.1. The number of anilines is 1. The van der Waals surface area contributed by atoms with Crippen LogP contribution in [0, 0.1) is 11.6 Å². The lowest BCUT2D eigenvalue weighted by molar-refractivity contribution is -0.143. The van der Waals surface area contributed by atoms with Crippen molar-refractivity contribution in [3.63, 3.8) is 0 Å². The molecular formula is C14H19F2NO2. The Morgan fingerprint density at radius 3 is 2.74 bits per heavy atom. The van der Waals surface area contributed by atoms with Crippen LogP contribution in [0.5, 0.6) is 0 Å². The third-order valence-corrected chi connectivity index (χ3v) is 2.61. The zero-order valence-electron chi connectivity index (χ0n) is 11.0. The summed E-state index contributed by atoms with van der Waals surface area (Å²) >= 11 is 0. The van der Waals surface area contributed by atoms with Crippen molar-refractivity contribution in [2.24, 2.45) is 0 Å². The van der Waals surface area contributed by atoms with Gasteiger partial charge in [-0.3, -0.25) is 4.79 Å².